The van der Waals surface area contributed by atoms with Gasteiger partial charge in [0.1, 0.15) is 0 Å². The van der Waals surface area contributed by atoms with Crippen molar-refractivity contribution < 1.29 is 0 Å². The topological polar surface area (TPSA) is 20.7 Å². The summed E-state index contributed by atoms with van der Waals surface area (Å²) in [5.74, 6) is 0. The Hall–Kier alpha value is -1.36. The van der Waals surface area contributed by atoms with E-state index in [0.29, 0.717) is 9.79 Å². The highest BCUT2D eigenvalue weighted by molar-refractivity contribution is 9.10. The average molecular weight is 366 g/mol. The molecule has 0 aliphatic carbocycles. The third-order valence-electron chi connectivity index (χ3n) is 3.01. The number of hydrogen-bond donors (Lipinski definition) is 1. The van der Waals surface area contributed by atoms with Gasteiger partial charge in [0.2, 0.25) is 0 Å². The SMILES string of the molecule is S=c1[nH]cc(-c2ccccc2)n1-c1ccc(Cl)c(Br)c1. The van der Waals surface area contributed by atoms with Crippen LogP contribution in [-0.2, 0) is 0 Å². The molecule has 100 valence electrons. The van der Waals surface area contributed by atoms with Crippen molar-refractivity contribution in [2.24, 2.45) is 0 Å². The molecule has 1 aromatic heterocycles. The van der Waals surface area contributed by atoms with Crippen LogP contribution in [0.25, 0.3) is 16.9 Å². The maximum atomic E-state index is 6.05. The highest BCUT2D eigenvalue weighted by atomic mass is 79.9. The van der Waals surface area contributed by atoms with Gasteiger partial charge in [0.25, 0.3) is 0 Å². The van der Waals surface area contributed by atoms with Crippen LogP contribution in [0.3, 0.4) is 0 Å². The zero-order valence-corrected chi connectivity index (χ0v) is 13.5. The second kappa shape index (κ2) is 5.56. The van der Waals surface area contributed by atoms with Crippen LogP contribution in [0.15, 0.2) is 59.2 Å². The Labute approximate surface area is 135 Å². The van der Waals surface area contributed by atoms with Gasteiger partial charge in [-0.1, -0.05) is 41.9 Å². The van der Waals surface area contributed by atoms with E-state index in [1.54, 1.807) is 0 Å². The van der Waals surface area contributed by atoms with E-state index in [1.807, 2.05) is 47.2 Å². The Morgan fingerprint density at radius 2 is 1.85 bits per heavy atom. The molecule has 3 aromatic rings. The number of hydrogen-bond acceptors (Lipinski definition) is 1. The molecule has 2 nitrogen and oxygen atoms in total. The average Bonchev–Trinajstić information content (AvgIpc) is 2.85. The quantitative estimate of drug-likeness (QED) is 0.585. The van der Waals surface area contributed by atoms with Crippen LogP contribution >= 0.6 is 39.7 Å². The van der Waals surface area contributed by atoms with E-state index in [1.165, 1.54) is 0 Å². The predicted molar refractivity (Wildman–Crippen MR) is 89.1 cm³/mol. The van der Waals surface area contributed by atoms with Crippen molar-refractivity contribution in [2.75, 3.05) is 0 Å². The van der Waals surface area contributed by atoms with Gasteiger partial charge in [-0.25, -0.2) is 0 Å². The number of nitrogens with zero attached hydrogens (tertiary/aromatic N) is 1. The molecule has 0 radical (unpaired) electrons. The minimum Gasteiger partial charge on any atom is -0.336 e. The van der Waals surface area contributed by atoms with Crippen molar-refractivity contribution in [3.8, 4) is 16.9 Å². The summed E-state index contributed by atoms with van der Waals surface area (Å²) in [7, 11) is 0. The Bertz CT molecular complexity index is 808. The summed E-state index contributed by atoms with van der Waals surface area (Å²) in [5, 5.41) is 0.678. The van der Waals surface area contributed by atoms with Gasteiger partial charge in [-0.2, -0.15) is 0 Å². The molecular formula is C15H10BrClN2S. The summed E-state index contributed by atoms with van der Waals surface area (Å²) in [6.45, 7) is 0. The predicted octanol–water partition coefficient (Wildman–Crippen LogP) is 5.62. The van der Waals surface area contributed by atoms with Crippen molar-refractivity contribution in [3.63, 3.8) is 0 Å². The summed E-state index contributed by atoms with van der Waals surface area (Å²) < 4.78 is 3.49. The van der Waals surface area contributed by atoms with Gasteiger partial charge in [-0.05, 0) is 46.3 Å². The molecule has 0 amide bonds. The van der Waals surface area contributed by atoms with Crippen molar-refractivity contribution in [3.05, 3.63) is 69.0 Å². The molecule has 0 fully saturated rings. The molecule has 3 rings (SSSR count). The third kappa shape index (κ3) is 2.46. The Morgan fingerprint density at radius 3 is 2.55 bits per heavy atom. The number of aromatic nitrogens is 2. The van der Waals surface area contributed by atoms with E-state index in [9.17, 15) is 0 Å². The highest BCUT2D eigenvalue weighted by Crippen LogP contribution is 2.28. The lowest BCUT2D eigenvalue weighted by atomic mass is 10.1. The normalized spacial score (nSPS) is 10.7. The summed E-state index contributed by atoms with van der Waals surface area (Å²) in [4.78, 5) is 3.10. The van der Waals surface area contributed by atoms with Gasteiger partial charge in [0.15, 0.2) is 4.77 Å². The second-order valence-corrected chi connectivity index (χ2v) is 5.93. The molecule has 0 spiro atoms. The molecule has 0 unspecified atom stereocenters. The third-order valence-corrected chi connectivity index (χ3v) is 4.52. The Balaban J connectivity index is 2.22. The molecule has 0 atom stereocenters. The first kappa shape index (κ1) is 13.6. The van der Waals surface area contributed by atoms with Gasteiger partial charge >= 0.3 is 0 Å². The van der Waals surface area contributed by atoms with Crippen molar-refractivity contribution in [1.29, 1.82) is 0 Å². The monoisotopic (exact) mass is 364 g/mol. The molecule has 1 heterocycles. The number of benzene rings is 2. The standard InChI is InChI=1S/C15H10BrClN2S/c16-12-8-11(6-7-13(12)17)19-14(9-18-15(19)20)10-4-2-1-3-5-10/h1-9H,(H,18,20). The van der Waals surface area contributed by atoms with Crippen LogP contribution in [0.5, 0.6) is 0 Å². The van der Waals surface area contributed by atoms with E-state index < -0.39 is 0 Å². The number of imidazole rings is 1. The van der Waals surface area contributed by atoms with Crippen LogP contribution < -0.4 is 0 Å². The molecule has 20 heavy (non-hydrogen) atoms. The minimum absolute atomic E-state index is 0.651. The first-order chi connectivity index (χ1) is 9.66. The van der Waals surface area contributed by atoms with Gasteiger partial charge in [0.05, 0.1) is 10.7 Å². The molecule has 0 bridgehead atoms. The summed E-state index contributed by atoms with van der Waals surface area (Å²) in [5.41, 5.74) is 3.09. The van der Waals surface area contributed by atoms with E-state index >= 15 is 0 Å². The Morgan fingerprint density at radius 1 is 1.10 bits per heavy atom. The second-order valence-electron chi connectivity index (χ2n) is 4.28. The van der Waals surface area contributed by atoms with Gasteiger partial charge in [0, 0.05) is 21.9 Å². The first-order valence-electron chi connectivity index (χ1n) is 5.98. The molecule has 5 heteroatoms. The molecule has 0 aliphatic rings. The number of nitrogens with one attached hydrogen (secondary N) is 1. The van der Waals surface area contributed by atoms with Crippen LogP contribution in [0.2, 0.25) is 5.02 Å². The molecule has 0 aliphatic heterocycles. The van der Waals surface area contributed by atoms with Crippen molar-refractivity contribution >= 4 is 39.7 Å². The lowest BCUT2D eigenvalue weighted by molar-refractivity contribution is 1.04. The van der Waals surface area contributed by atoms with Gasteiger partial charge < -0.3 is 4.98 Å². The fraction of sp³-hybridized carbons (Fsp3) is 0. The molecule has 0 saturated heterocycles. The smallest absolute Gasteiger partial charge is 0.182 e. The van der Waals surface area contributed by atoms with Crippen molar-refractivity contribution in [1.82, 2.24) is 9.55 Å². The van der Waals surface area contributed by atoms with Crippen molar-refractivity contribution in [2.45, 2.75) is 0 Å². The fourth-order valence-electron chi connectivity index (χ4n) is 2.07. The number of halogens is 2. The Kier molecular flexibility index (Phi) is 3.78. The van der Waals surface area contributed by atoms with E-state index in [4.69, 9.17) is 23.8 Å². The zero-order valence-electron chi connectivity index (χ0n) is 10.3. The highest BCUT2D eigenvalue weighted by Gasteiger charge is 2.09. The first-order valence-corrected chi connectivity index (χ1v) is 7.56. The van der Waals surface area contributed by atoms with Gasteiger partial charge in [-0.3, -0.25) is 4.57 Å². The minimum atomic E-state index is 0.651. The van der Waals surface area contributed by atoms with Crippen LogP contribution in [-0.4, -0.2) is 9.55 Å². The molecule has 2 aromatic carbocycles. The summed E-state index contributed by atoms with van der Waals surface area (Å²) in [6, 6.07) is 15.9. The van der Waals surface area contributed by atoms with E-state index in [-0.39, 0.29) is 0 Å². The summed E-state index contributed by atoms with van der Waals surface area (Å²) in [6.07, 6.45) is 1.92. The number of aromatic amines is 1. The maximum absolute atomic E-state index is 6.05. The maximum Gasteiger partial charge on any atom is 0.182 e. The lowest BCUT2D eigenvalue weighted by Gasteiger charge is -2.09. The lowest BCUT2D eigenvalue weighted by Crippen LogP contribution is -1.97. The van der Waals surface area contributed by atoms with Gasteiger partial charge in [-0.15, -0.1) is 0 Å². The van der Waals surface area contributed by atoms with E-state index in [2.05, 4.69) is 33.0 Å². The molecule has 1 N–H and O–H groups in total. The van der Waals surface area contributed by atoms with E-state index in [0.717, 1.165) is 21.4 Å². The number of H-pyrrole nitrogens is 1. The summed E-state index contributed by atoms with van der Waals surface area (Å²) >= 11 is 14.9. The van der Waals surface area contributed by atoms with Crippen LogP contribution in [0, 0.1) is 4.77 Å². The number of rotatable bonds is 2. The fourth-order valence-corrected chi connectivity index (χ4v) is 2.82. The molecular weight excluding hydrogens is 356 g/mol. The zero-order chi connectivity index (χ0) is 14.1. The van der Waals surface area contributed by atoms with Crippen LogP contribution in [0.4, 0.5) is 0 Å². The largest absolute Gasteiger partial charge is 0.336 e. The molecule has 0 saturated carbocycles. The van der Waals surface area contributed by atoms with Crippen LogP contribution in [0.1, 0.15) is 0 Å².